The van der Waals surface area contributed by atoms with Crippen LogP contribution in [-0.4, -0.2) is 25.4 Å². The van der Waals surface area contributed by atoms with Crippen molar-refractivity contribution in [3.8, 4) is 5.75 Å². The van der Waals surface area contributed by atoms with E-state index in [1.165, 1.54) is 6.20 Å². The van der Waals surface area contributed by atoms with Gasteiger partial charge < -0.3 is 4.74 Å². The van der Waals surface area contributed by atoms with Crippen LogP contribution in [0.25, 0.3) is 10.8 Å². The van der Waals surface area contributed by atoms with Crippen molar-refractivity contribution in [2.24, 2.45) is 9.98 Å². The summed E-state index contributed by atoms with van der Waals surface area (Å²) in [6.07, 6.45) is 2.20. The minimum absolute atomic E-state index is 0.173. The van der Waals surface area contributed by atoms with Gasteiger partial charge in [0.05, 0.1) is 0 Å². The normalized spacial score (nSPS) is 11.1. The maximum Gasteiger partial charge on any atom is 0.165 e. The van der Waals surface area contributed by atoms with Gasteiger partial charge in [-0.05, 0) is 29.6 Å². The quantitative estimate of drug-likeness (QED) is 0.474. The van der Waals surface area contributed by atoms with Crippen LogP contribution in [0.15, 0.2) is 59.2 Å². The van der Waals surface area contributed by atoms with E-state index in [0.29, 0.717) is 17.1 Å². The third-order valence-electron chi connectivity index (χ3n) is 2.79. The smallest absolute Gasteiger partial charge is 0.165 e. The van der Waals surface area contributed by atoms with Gasteiger partial charge in [0.1, 0.15) is 12.4 Å². The van der Waals surface area contributed by atoms with Crippen LogP contribution in [0, 0.1) is 0 Å². The van der Waals surface area contributed by atoms with Gasteiger partial charge in [0.25, 0.3) is 0 Å². The molecule has 0 saturated carbocycles. The second kappa shape index (κ2) is 6.43. The summed E-state index contributed by atoms with van der Waals surface area (Å²) < 4.78 is 5.59. The second-order valence-electron chi connectivity index (χ2n) is 4.03. The molecule has 0 bridgehead atoms. The largest absolute Gasteiger partial charge is 0.486 e. The standard InChI is InChI=1S/C16H14N2O2/c1-3-18-16(17-2)11-20-14-8-12-6-4-5-7-15(12)13(9-14)10-19/h3-10H,1-2,11H2. The van der Waals surface area contributed by atoms with Crippen LogP contribution < -0.4 is 4.74 Å². The number of aldehydes is 1. The first kappa shape index (κ1) is 13.7. The number of benzene rings is 2. The molecule has 2 aromatic carbocycles. The van der Waals surface area contributed by atoms with E-state index in [4.69, 9.17) is 4.74 Å². The molecule has 0 fully saturated rings. The number of carbonyl (C=O) groups is 1. The Labute approximate surface area is 117 Å². The van der Waals surface area contributed by atoms with Gasteiger partial charge in [-0.25, -0.2) is 9.98 Å². The Balaban J connectivity index is 2.31. The molecular formula is C16H14N2O2. The van der Waals surface area contributed by atoms with Crippen LogP contribution in [0.4, 0.5) is 0 Å². The van der Waals surface area contributed by atoms with E-state index >= 15 is 0 Å². The first-order valence-corrected chi connectivity index (χ1v) is 6.03. The first-order valence-electron chi connectivity index (χ1n) is 6.03. The summed E-state index contributed by atoms with van der Waals surface area (Å²) in [5.41, 5.74) is 0.590. The molecule has 0 aliphatic carbocycles. The molecule has 0 saturated heterocycles. The number of nitrogens with zero attached hydrogens (tertiary/aromatic N) is 2. The van der Waals surface area contributed by atoms with Crippen molar-refractivity contribution in [3.05, 3.63) is 54.7 Å². The average molecular weight is 266 g/mol. The Kier molecular flexibility index (Phi) is 4.39. The number of hydrogen-bond donors (Lipinski definition) is 0. The molecule has 2 aromatic rings. The summed E-state index contributed by atoms with van der Waals surface area (Å²) in [7, 11) is 0. The fourth-order valence-electron chi connectivity index (χ4n) is 1.87. The molecule has 0 unspecified atom stereocenters. The van der Waals surface area contributed by atoms with Crippen molar-refractivity contribution in [2.45, 2.75) is 0 Å². The number of rotatable bonds is 5. The number of amidine groups is 1. The van der Waals surface area contributed by atoms with E-state index in [0.717, 1.165) is 17.1 Å². The lowest BCUT2D eigenvalue weighted by molar-refractivity contribution is 0.112. The van der Waals surface area contributed by atoms with Crippen LogP contribution in [0.2, 0.25) is 0 Å². The Hall–Kier alpha value is -2.75. The molecule has 4 heteroatoms. The second-order valence-corrected chi connectivity index (χ2v) is 4.03. The molecule has 0 radical (unpaired) electrons. The van der Waals surface area contributed by atoms with E-state index in [1.807, 2.05) is 30.3 Å². The van der Waals surface area contributed by atoms with Crippen LogP contribution >= 0.6 is 0 Å². The minimum atomic E-state index is 0.173. The summed E-state index contributed by atoms with van der Waals surface area (Å²) in [6.45, 7) is 7.08. The molecule has 0 aromatic heterocycles. The van der Waals surface area contributed by atoms with Gasteiger partial charge in [-0.3, -0.25) is 4.79 Å². The zero-order valence-corrected chi connectivity index (χ0v) is 11.0. The molecule has 0 spiro atoms. The SMILES string of the molecule is C=CN=C(COc1cc(C=O)c2ccccc2c1)N=C. The van der Waals surface area contributed by atoms with E-state index in [-0.39, 0.29) is 6.61 Å². The van der Waals surface area contributed by atoms with Crippen molar-refractivity contribution in [2.75, 3.05) is 6.61 Å². The summed E-state index contributed by atoms with van der Waals surface area (Å²) in [6, 6.07) is 11.2. The lowest BCUT2D eigenvalue weighted by Gasteiger charge is -2.08. The Morgan fingerprint density at radius 2 is 2.10 bits per heavy atom. The van der Waals surface area contributed by atoms with Gasteiger partial charge in [0.2, 0.25) is 0 Å². The Morgan fingerprint density at radius 3 is 2.80 bits per heavy atom. The summed E-state index contributed by atoms with van der Waals surface area (Å²) in [5.74, 6) is 1.02. The number of hydrogen-bond acceptors (Lipinski definition) is 3. The number of aliphatic imine (C=N–C) groups is 2. The molecule has 0 N–H and O–H groups in total. The maximum absolute atomic E-state index is 11.1. The molecule has 0 aliphatic heterocycles. The summed E-state index contributed by atoms with van der Waals surface area (Å²) in [4.78, 5) is 18.8. The van der Waals surface area contributed by atoms with Crippen molar-refractivity contribution in [1.29, 1.82) is 0 Å². The first-order chi connectivity index (χ1) is 9.78. The van der Waals surface area contributed by atoms with E-state index < -0.39 is 0 Å². The van der Waals surface area contributed by atoms with E-state index in [1.54, 1.807) is 6.07 Å². The van der Waals surface area contributed by atoms with E-state index in [9.17, 15) is 4.79 Å². The Bertz CT molecular complexity index is 690. The molecule has 0 heterocycles. The number of carbonyl (C=O) groups excluding carboxylic acids is 1. The highest BCUT2D eigenvalue weighted by molar-refractivity contribution is 5.99. The van der Waals surface area contributed by atoms with E-state index in [2.05, 4.69) is 23.3 Å². The highest BCUT2D eigenvalue weighted by Gasteiger charge is 2.05. The fraction of sp³-hybridized carbons (Fsp3) is 0.0625. The third kappa shape index (κ3) is 2.98. The van der Waals surface area contributed by atoms with Gasteiger partial charge >= 0.3 is 0 Å². The predicted molar refractivity (Wildman–Crippen MR) is 82.0 cm³/mol. The van der Waals surface area contributed by atoms with Crippen molar-refractivity contribution < 1.29 is 9.53 Å². The molecule has 4 nitrogen and oxygen atoms in total. The molecule has 0 aliphatic rings. The van der Waals surface area contributed by atoms with Crippen LogP contribution in [0.5, 0.6) is 5.75 Å². The monoisotopic (exact) mass is 266 g/mol. The van der Waals surface area contributed by atoms with Gasteiger partial charge in [0.15, 0.2) is 12.1 Å². The highest BCUT2D eigenvalue weighted by atomic mass is 16.5. The van der Waals surface area contributed by atoms with Gasteiger partial charge in [0, 0.05) is 11.8 Å². The fourth-order valence-corrected chi connectivity index (χ4v) is 1.87. The van der Waals surface area contributed by atoms with Gasteiger partial charge in [-0.15, -0.1) is 0 Å². The van der Waals surface area contributed by atoms with Crippen molar-refractivity contribution in [1.82, 2.24) is 0 Å². The predicted octanol–water partition coefficient (Wildman–Crippen LogP) is 3.27. The lowest BCUT2D eigenvalue weighted by atomic mass is 10.1. The Morgan fingerprint density at radius 1 is 1.30 bits per heavy atom. The third-order valence-corrected chi connectivity index (χ3v) is 2.79. The summed E-state index contributed by atoms with van der Waals surface area (Å²) >= 11 is 0. The summed E-state index contributed by atoms with van der Waals surface area (Å²) in [5, 5.41) is 1.84. The molecule has 0 amide bonds. The minimum Gasteiger partial charge on any atom is -0.486 e. The molecule has 20 heavy (non-hydrogen) atoms. The highest BCUT2D eigenvalue weighted by Crippen LogP contribution is 2.24. The van der Waals surface area contributed by atoms with Gasteiger partial charge in [-0.2, -0.15) is 0 Å². The topological polar surface area (TPSA) is 51.0 Å². The number of fused-ring (bicyclic) bond motifs is 1. The molecule has 0 atom stereocenters. The maximum atomic E-state index is 11.1. The zero-order valence-electron chi connectivity index (χ0n) is 11.0. The van der Waals surface area contributed by atoms with Crippen LogP contribution in [-0.2, 0) is 0 Å². The number of ether oxygens (including phenoxy) is 1. The average Bonchev–Trinajstić information content (AvgIpc) is 2.50. The molecule has 2 rings (SSSR count). The molecule has 100 valence electrons. The zero-order chi connectivity index (χ0) is 14.4. The van der Waals surface area contributed by atoms with Crippen molar-refractivity contribution >= 4 is 29.6 Å². The van der Waals surface area contributed by atoms with Crippen molar-refractivity contribution in [3.63, 3.8) is 0 Å². The molecular weight excluding hydrogens is 252 g/mol. The van der Waals surface area contributed by atoms with Crippen LogP contribution in [0.3, 0.4) is 0 Å². The van der Waals surface area contributed by atoms with Crippen LogP contribution in [0.1, 0.15) is 10.4 Å². The van der Waals surface area contributed by atoms with Gasteiger partial charge in [-0.1, -0.05) is 30.8 Å². The lowest BCUT2D eigenvalue weighted by Crippen LogP contribution is -2.08.